The first-order chi connectivity index (χ1) is 11.5. The minimum atomic E-state index is -0.142. The summed E-state index contributed by atoms with van der Waals surface area (Å²) in [6.07, 6.45) is 1.17. The number of hydrogen-bond donors (Lipinski definition) is 2. The third-order valence-electron chi connectivity index (χ3n) is 4.58. The Balaban J connectivity index is 1.54. The molecule has 24 heavy (non-hydrogen) atoms. The van der Waals surface area contributed by atoms with Crippen LogP contribution in [0.3, 0.4) is 0 Å². The monoisotopic (exact) mass is 328 g/mol. The van der Waals surface area contributed by atoms with E-state index in [9.17, 15) is 4.79 Å². The number of benzene rings is 1. The van der Waals surface area contributed by atoms with E-state index < -0.39 is 0 Å². The highest BCUT2D eigenvalue weighted by Gasteiger charge is 2.32. The smallest absolute Gasteiger partial charge is 0.224 e. The van der Waals surface area contributed by atoms with Gasteiger partial charge in [0.2, 0.25) is 5.91 Å². The molecule has 0 bridgehead atoms. The third kappa shape index (κ3) is 3.82. The van der Waals surface area contributed by atoms with Gasteiger partial charge in [-0.1, -0.05) is 18.2 Å². The number of aromatic nitrogens is 3. The predicted octanol–water partition coefficient (Wildman–Crippen LogP) is 2.17. The number of carbonyl (C=O) groups excluding carboxylic acids is 1. The van der Waals surface area contributed by atoms with E-state index in [1.165, 1.54) is 11.1 Å². The second-order valence-electron chi connectivity index (χ2n) is 6.52. The van der Waals surface area contributed by atoms with E-state index in [4.69, 9.17) is 4.74 Å². The van der Waals surface area contributed by atoms with Crippen LogP contribution in [0, 0.1) is 26.7 Å². The van der Waals surface area contributed by atoms with Crippen molar-refractivity contribution in [2.75, 3.05) is 13.2 Å². The van der Waals surface area contributed by atoms with Crippen LogP contribution in [0.1, 0.15) is 40.9 Å². The van der Waals surface area contributed by atoms with Crippen molar-refractivity contribution in [1.82, 2.24) is 20.5 Å². The average Bonchev–Trinajstić information content (AvgIpc) is 3.17. The molecule has 128 valence electrons. The van der Waals surface area contributed by atoms with Gasteiger partial charge in [-0.25, -0.2) is 4.98 Å². The first kappa shape index (κ1) is 16.6. The highest BCUT2D eigenvalue weighted by Crippen LogP contribution is 2.32. The maximum absolute atomic E-state index is 12.2. The zero-order valence-electron chi connectivity index (χ0n) is 14.4. The molecule has 2 N–H and O–H groups in total. The van der Waals surface area contributed by atoms with E-state index in [-0.39, 0.29) is 17.9 Å². The Morgan fingerprint density at radius 1 is 1.33 bits per heavy atom. The van der Waals surface area contributed by atoms with Crippen molar-refractivity contribution in [2.24, 2.45) is 5.92 Å². The van der Waals surface area contributed by atoms with Crippen LogP contribution in [0.25, 0.3) is 0 Å². The molecule has 1 amide bonds. The van der Waals surface area contributed by atoms with Gasteiger partial charge in [0, 0.05) is 19.1 Å². The fraction of sp³-hybridized carbons (Fsp3) is 0.500. The molecule has 0 spiro atoms. The number of carbonyl (C=O) groups is 1. The summed E-state index contributed by atoms with van der Waals surface area (Å²) in [5.41, 5.74) is 3.50. The molecule has 3 rings (SSSR count). The third-order valence-corrected chi connectivity index (χ3v) is 4.58. The Morgan fingerprint density at radius 3 is 2.88 bits per heavy atom. The van der Waals surface area contributed by atoms with Crippen LogP contribution in [0.5, 0.6) is 0 Å². The van der Waals surface area contributed by atoms with Crippen LogP contribution < -0.4 is 5.32 Å². The lowest BCUT2D eigenvalue weighted by Gasteiger charge is -2.16. The number of nitrogens with one attached hydrogen (secondary N) is 2. The van der Waals surface area contributed by atoms with Gasteiger partial charge in [0.25, 0.3) is 0 Å². The van der Waals surface area contributed by atoms with Gasteiger partial charge in [-0.05, 0) is 43.9 Å². The number of hydrogen-bond acceptors (Lipinski definition) is 4. The van der Waals surface area contributed by atoms with Gasteiger partial charge in [-0.2, -0.15) is 5.10 Å². The van der Waals surface area contributed by atoms with E-state index in [1.54, 1.807) is 0 Å². The highest BCUT2D eigenvalue weighted by atomic mass is 16.5. The van der Waals surface area contributed by atoms with Crippen molar-refractivity contribution in [3.8, 4) is 0 Å². The second kappa shape index (κ2) is 7.13. The topological polar surface area (TPSA) is 79.9 Å². The average molecular weight is 328 g/mol. The first-order valence-corrected chi connectivity index (χ1v) is 8.36. The van der Waals surface area contributed by atoms with Gasteiger partial charge in [0.1, 0.15) is 11.9 Å². The number of nitrogens with zero attached hydrogens (tertiary/aromatic N) is 2. The Bertz CT molecular complexity index is 726. The summed E-state index contributed by atoms with van der Waals surface area (Å²) in [5, 5.41) is 10.1. The van der Waals surface area contributed by atoms with Crippen LogP contribution in [-0.2, 0) is 16.0 Å². The van der Waals surface area contributed by atoms with E-state index in [1.807, 2.05) is 13.0 Å². The number of aromatic amines is 1. The summed E-state index contributed by atoms with van der Waals surface area (Å²) >= 11 is 0. The molecule has 0 radical (unpaired) electrons. The van der Waals surface area contributed by atoms with Crippen LogP contribution >= 0.6 is 0 Å². The highest BCUT2D eigenvalue weighted by molar-refractivity contribution is 5.78. The molecule has 1 aliphatic heterocycles. The second-order valence-corrected chi connectivity index (χ2v) is 6.52. The summed E-state index contributed by atoms with van der Waals surface area (Å²) in [4.78, 5) is 16.6. The van der Waals surface area contributed by atoms with Crippen molar-refractivity contribution in [3.63, 3.8) is 0 Å². The minimum Gasteiger partial charge on any atom is -0.370 e. The molecule has 1 saturated heterocycles. The fourth-order valence-corrected chi connectivity index (χ4v) is 3.02. The Hall–Kier alpha value is -2.21. The molecule has 2 heterocycles. The number of H-pyrrole nitrogens is 1. The quantitative estimate of drug-likeness (QED) is 0.881. The normalized spacial score (nSPS) is 20.3. The number of amides is 1. The predicted molar refractivity (Wildman–Crippen MR) is 90.5 cm³/mol. The summed E-state index contributed by atoms with van der Waals surface area (Å²) in [5.74, 6) is 1.70. The van der Waals surface area contributed by atoms with Crippen molar-refractivity contribution >= 4 is 5.91 Å². The van der Waals surface area contributed by atoms with Gasteiger partial charge in [0.15, 0.2) is 5.82 Å². The van der Waals surface area contributed by atoms with Gasteiger partial charge >= 0.3 is 0 Å². The Kier molecular flexibility index (Phi) is 4.94. The molecular formula is C18H24N4O2. The molecular weight excluding hydrogens is 304 g/mol. The molecule has 0 aliphatic carbocycles. The standard InChI is InChI=1S/C18H24N4O2/c1-11-4-5-14(8-12(11)2)9-16(23)19-10-15-6-7-24-17(15)18-20-13(3)21-22-18/h4-5,8,15,17H,6-7,9-10H2,1-3H3,(H,19,23)(H,20,21,22)/t15-,17-/m0/s1. The minimum absolute atomic E-state index is 0.0371. The number of aryl methyl sites for hydroxylation is 3. The van der Waals surface area contributed by atoms with Crippen molar-refractivity contribution in [1.29, 1.82) is 0 Å². The van der Waals surface area contributed by atoms with E-state index in [0.29, 0.717) is 25.4 Å². The molecule has 6 heteroatoms. The molecule has 0 unspecified atom stereocenters. The number of rotatable bonds is 5. The molecule has 1 aliphatic rings. The SMILES string of the molecule is Cc1nc([C@H]2OCC[C@H]2CNC(=O)Cc2ccc(C)c(C)c2)n[nH]1. The molecule has 1 aromatic heterocycles. The van der Waals surface area contributed by atoms with Gasteiger partial charge in [-0.15, -0.1) is 0 Å². The maximum atomic E-state index is 12.2. The lowest BCUT2D eigenvalue weighted by molar-refractivity contribution is -0.120. The molecule has 6 nitrogen and oxygen atoms in total. The Morgan fingerprint density at radius 2 is 2.17 bits per heavy atom. The summed E-state index contributed by atoms with van der Waals surface area (Å²) in [7, 11) is 0. The van der Waals surface area contributed by atoms with E-state index in [0.717, 1.165) is 17.8 Å². The van der Waals surface area contributed by atoms with Crippen LogP contribution in [0.15, 0.2) is 18.2 Å². The van der Waals surface area contributed by atoms with Crippen LogP contribution in [0.4, 0.5) is 0 Å². The summed E-state index contributed by atoms with van der Waals surface area (Å²) in [6.45, 7) is 7.27. The zero-order chi connectivity index (χ0) is 17.1. The molecule has 0 saturated carbocycles. The van der Waals surface area contributed by atoms with Crippen LogP contribution in [0.2, 0.25) is 0 Å². The molecule has 1 aromatic carbocycles. The van der Waals surface area contributed by atoms with Crippen molar-refractivity contribution in [3.05, 3.63) is 46.5 Å². The lowest BCUT2D eigenvalue weighted by atomic mass is 10.0. The summed E-state index contributed by atoms with van der Waals surface area (Å²) in [6, 6.07) is 6.15. The van der Waals surface area contributed by atoms with Gasteiger partial charge in [-0.3, -0.25) is 9.89 Å². The maximum Gasteiger partial charge on any atom is 0.224 e. The van der Waals surface area contributed by atoms with Gasteiger partial charge in [0.05, 0.1) is 6.42 Å². The largest absolute Gasteiger partial charge is 0.370 e. The molecule has 2 atom stereocenters. The molecule has 2 aromatic rings. The lowest BCUT2D eigenvalue weighted by Crippen LogP contribution is -2.31. The fourth-order valence-electron chi connectivity index (χ4n) is 3.02. The Labute approximate surface area is 142 Å². The summed E-state index contributed by atoms with van der Waals surface area (Å²) < 4.78 is 5.75. The van der Waals surface area contributed by atoms with E-state index in [2.05, 4.69) is 46.5 Å². The van der Waals surface area contributed by atoms with Crippen molar-refractivity contribution in [2.45, 2.75) is 39.7 Å². The number of ether oxygens (including phenoxy) is 1. The first-order valence-electron chi connectivity index (χ1n) is 8.36. The van der Waals surface area contributed by atoms with Gasteiger partial charge < -0.3 is 10.1 Å². The van der Waals surface area contributed by atoms with E-state index >= 15 is 0 Å². The van der Waals surface area contributed by atoms with Crippen molar-refractivity contribution < 1.29 is 9.53 Å². The molecule has 1 fully saturated rings. The van der Waals surface area contributed by atoms with Crippen LogP contribution in [-0.4, -0.2) is 34.2 Å². The zero-order valence-corrected chi connectivity index (χ0v) is 14.4.